The summed E-state index contributed by atoms with van der Waals surface area (Å²) in [5.41, 5.74) is -1.55. The number of halogens is 4. The monoisotopic (exact) mass is 797 g/mol. The van der Waals surface area contributed by atoms with E-state index in [1.807, 2.05) is 0 Å². The van der Waals surface area contributed by atoms with Crippen LogP contribution in [0.25, 0.3) is 0 Å². The second kappa shape index (κ2) is 14.7. The minimum atomic E-state index is -1.95. The number of fused-ring (bicyclic) bond motifs is 3. The molecule has 0 aromatic rings. The first kappa shape index (κ1) is 37.0. The van der Waals surface area contributed by atoms with E-state index in [0.29, 0.717) is 30.5 Å². The molecule has 4 fully saturated rings. The molecule has 0 aromatic carbocycles. The maximum atomic E-state index is 13.3. The standard InChI is InChI=1S/C30H47Cl3INO9/c1-16(2)18-12-11-17(3)14-19(18)40-21(34)10-8-9-13-38-25-22-24(23-20(41-25)15-39-29(6,7)43-23)42-26(36)35(22)27(37)44-28(4,5)30(31,32)33/h16-25H,8-15H2,1-7H3/t17-,18+,19-,20-,21?,22+,23-,24-,25+/m1/s1. The summed E-state index contributed by atoms with van der Waals surface area (Å²) in [5.74, 6) is 0.945. The molecule has 10 nitrogen and oxygen atoms in total. The van der Waals surface area contributed by atoms with Crippen LogP contribution in [-0.2, 0) is 33.2 Å². The fraction of sp³-hybridized carbons (Fsp3) is 0.933. The van der Waals surface area contributed by atoms with Gasteiger partial charge in [0.25, 0.3) is 0 Å². The van der Waals surface area contributed by atoms with Gasteiger partial charge >= 0.3 is 12.2 Å². The van der Waals surface area contributed by atoms with E-state index in [1.165, 1.54) is 26.7 Å². The fourth-order valence-electron chi connectivity index (χ4n) is 6.31. The normalized spacial score (nSPS) is 34.7. The van der Waals surface area contributed by atoms with Crippen molar-refractivity contribution in [2.24, 2.45) is 17.8 Å². The Bertz CT molecular complexity index is 1010. The van der Waals surface area contributed by atoms with Crippen LogP contribution in [0.5, 0.6) is 0 Å². The molecule has 1 aliphatic carbocycles. The Morgan fingerprint density at radius 3 is 2.52 bits per heavy atom. The van der Waals surface area contributed by atoms with Crippen molar-refractivity contribution < 1.29 is 42.7 Å². The van der Waals surface area contributed by atoms with Crippen LogP contribution in [0, 0.1) is 17.8 Å². The smallest absolute Gasteiger partial charge is 0.420 e. The number of hydrogen-bond donors (Lipinski definition) is 0. The maximum absolute atomic E-state index is 13.3. The third-order valence-corrected chi connectivity index (χ3v) is 11.3. The topological polar surface area (TPSA) is 102 Å². The molecule has 0 radical (unpaired) electrons. The summed E-state index contributed by atoms with van der Waals surface area (Å²) in [5, 5.41) is 0. The Morgan fingerprint density at radius 1 is 1.16 bits per heavy atom. The van der Waals surface area contributed by atoms with Crippen molar-refractivity contribution in [3.63, 3.8) is 0 Å². The van der Waals surface area contributed by atoms with Gasteiger partial charge in [-0.3, -0.25) is 0 Å². The van der Waals surface area contributed by atoms with Crippen molar-refractivity contribution in [3.8, 4) is 0 Å². The summed E-state index contributed by atoms with van der Waals surface area (Å²) in [6, 6.07) is -0.988. The minimum Gasteiger partial charge on any atom is -0.440 e. The lowest BCUT2D eigenvalue weighted by Gasteiger charge is -2.48. The molecule has 3 heterocycles. The van der Waals surface area contributed by atoms with Crippen molar-refractivity contribution in [2.45, 2.75) is 143 Å². The van der Waals surface area contributed by atoms with Crippen molar-refractivity contribution in [1.82, 2.24) is 4.90 Å². The highest BCUT2D eigenvalue weighted by Gasteiger charge is 2.62. The van der Waals surface area contributed by atoms with E-state index in [2.05, 4.69) is 43.4 Å². The van der Waals surface area contributed by atoms with Gasteiger partial charge in [0, 0.05) is 6.61 Å². The number of carbonyl (C=O) groups is 2. The molecule has 0 bridgehead atoms. The minimum absolute atomic E-state index is 0.104. The van der Waals surface area contributed by atoms with Gasteiger partial charge in [-0.05, 0) is 77.6 Å². The van der Waals surface area contributed by atoms with E-state index >= 15 is 0 Å². The molecular formula is C30H47Cl3INO9. The van der Waals surface area contributed by atoms with Crippen LogP contribution in [0.4, 0.5) is 9.59 Å². The number of alkyl halides is 4. The van der Waals surface area contributed by atoms with Gasteiger partial charge in [0.1, 0.15) is 22.4 Å². The molecule has 44 heavy (non-hydrogen) atoms. The lowest BCUT2D eigenvalue weighted by atomic mass is 9.75. The highest BCUT2D eigenvalue weighted by Crippen LogP contribution is 2.43. The molecule has 0 spiro atoms. The molecule has 14 heteroatoms. The van der Waals surface area contributed by atoms with Gasteiger partial charge in [0.15, 0.2) is 23.8 Å². The number of hydrogen-bond acceptors (Lipinski definition) is 9. The number of imide groups is 1. The van der Waals surface area contributed by atoms with E-state index in [1.54, 1.807) is 13.8 Å². The van der Waals surface area contributed by atoms with Crippen molar-refractivity contribution in [2.75, 3.05) is 13.2 Å². The Hall–Kier alpha value is 0.140. The first-order valence-electron chi connectivity index (χ1n) is 15.6. The molecule has 0 N–H and O–H groups in total. The number of ether oxygens (including phenoxy) is 7. The zero-order valence-electron chi connectivity index (χ0n) is 26.6. The van der Waals surface area contributed by atoms with Gasteiger partial charge in [-0.25, -0.2) is 9.59 Å². The molecule has 0 aromatic heterocycles. The van der Waals surface area contributed by atoms with Crippen LogP contribution in [0.2, 0.25) is 0 Å². The second-order valence-corrected chi connectivity index (χ2v) is 17.4. The number of amides is 2. The summed E-state index contributed by atoms with van der Waals surface area (Å²) in [6.07, 6.45) is 1.25. The molecule has 4 rings (SSSR count). The Morgan fingerprint density at radius 2 is 1.86 bits per heavy atom. The van der Waals surface area contributed by atoms with E-state index in [0.717, 1.165) is 30.6 Å². The lowest BCUT2D eigenvalue weighted by molar-refractivity contribution is -0.365. The second-order valence-electron chi connectivity index (χ2n) is 13.7. The highest BCUT2D eigenvalue weighted by atomic mass is 127. The summed E-state index contributed by atoms with van der Waals surface area (Å²) < 4.78 is 40.2. The molecule has 4 aliphatic rings. The van der Waals surface area contributed by atoms with Gasteiger partial charge in [0.2, 0.25) is 3.79 Å². The van der Waals surface area contributed by atoms with Crippen LogP contribution in [0.15, 0.2) is 0 Å². The number of carbonyl (C=O) groups excluding carboxylic acids is 2. The Kier molecular flexibility index (Phi) is 12.4. The average molecular weight is 799 g/mol. The fourth-order valence-corrected chi connectivity index (χ4v) is 7.24. The van der Waals surface area contributed by atoms with Gasteiger partial charge in [-0.1, -0.05) is 84.6 Å². The summed E-state index contributed by atoms with van der Waals surface area (Å²) >= 11 is 20.5. The third-order valence-electron chi connectivity index (χ3n) is 8.97. The van der Waals surface area contributed by atoms with Crippen molar-refractivity contribution >= 4 is 69.6 Å². The van der Waals surface area contributed by atoms with Crippen LogP contribution >= 0.6 is 57.4 Å². The zero-order valence-corrected chi connectivity index (χ0v) is 31.0. The van der Waals surface area contributed by atoms with Crippen LogP contribution < -0.4 is 0 Å². The molecule has 3 saturated heterocycles. The number of rotatable bonds is 10. The first-order valence-corrected chi connectivity index (χ1v) is 18.0. The molecule has 1 saturated carbocycles. The van der Waals surface area contributed by atoms with Crippen LogP contribution in [0.3, 0.4) is 0 Å². The lowest BCUT2D eigenvalue weighted by Crippen LogP contribution is -2.66. The first-order chi connectivity index (χ1) is 20.4. The van der Waals surface area contributed by atoms with Gasteiger partial charge in [0.05, 0.1) is 12.7 Å². The molecule has 254 valence electrons. The zero-order chi connectivity index (χ0) is 32.6. The van der Waals surface area contributed by atoms with Crippen LogP contribution in [0.1, 0.15) is 87.0 Å². The third kappa shape index (κ3) is 8.78. The predicted molar refractivity (Wildman–Crippen MR) is 174 cm³/mol. The Balaban J connectivity index is 1.37. The summed E-state index contributed by atoms with van der Waals surface area (Å²) in [6.45, 7) is 13.8. The maximum Gasteiger partial charge on any atom is 0.420 e. The van der Waals surface area contributed by atoms with E-state index in [9.17, 15) is 9.59 Å². The van der Waals surface area contributed by atoms with Gasteiger partial charge < -0.3 is 33.2 Å². The van der Waals surface area contributed by atoms with Gasteiger partial charge in [-0.15, -0.1) is 0 Å². The van der Waals surface area contributed by atoms with Gasteiger partial charge in [-0.2, -0.15) is 4.90 Å². The highest BCUT2D eigenvalue weighted by molar-refractivity contribution is 14.1. The number of unbranched alkanes of at least 4 members (excludes halogenated alkanes) is 1. The number of nitrogens with zero attached hydrogens (tertiary/aromatic N) is 1. The average Bonchev–Trinajstić information content (AvgIpc) is 3.25. The molecule has 2 amide bonds. The quantitative estimate of drug-likeness (QED) is 0.125. The molecular weight excluding hydrogens is 752 g/mol. The Labute approximate surface area is 289 Å². The molecule has 9 atom stereocenters. The SMILES string of the molecule is CC(C)[C@@H]1CC[C@@H](C)C[C@H]1OC(I)CCCCO[C@H]1O[C@@H]2COC(C)(C)O[C@H]2[C@@H]2OC(=O)N(C(=O)OC(C)(C)C(Cl)(Cl)Cl)[C@H]12. The van der Waals surface area contributed by atoms with E-state index in [4.69, 9.17) is 68.0 Å². The summed E-state index contributed by atoms with van der Waals surface area (Å²) in [7, 11) is 0. The predicted octanol–water partition coefficient (Wildman–Crippen LogP) is 7.76. The van der Waals surface area contributed by atoms with Crippen molar-refractivity contribution in [3.05, 3.63) is 0 Å². The van der Waals surface area contributed by atoms with E-state index in [-0.39, 0.29) is 10.7 Å². The summed E-state index contributed by atoms with van der Waals surface area (Å²) in [4.78, 5) is 27.3. The molecule has 1 unspecified atom stereocenters. The van der Waals surface area contributed by atoms with Crippen molar-refractivity contribution in [1.29, 1.82) is 0 Å². The molecule has 3 aliphatic heterocycles. The van der Waals surface area contributed by atoms with Crippen LogP contribution in [-0.4, -0.2) is 86.3 Å². The largest absolute Gasteiger partial charge is 0.440 e. The van der Waals surface area contributed by atoms with E-state index < -0.39 is 58.0 Å².